The Morgan fingerprint density at radius 1 is 1.13 bits per heavy atom. The van der Waals surface area contributed by atoms with Crippen molar-refractivity contribution in [2.75, 3.05) is 47.3 Å². The second-order valence-electron chi connectivity index (χ2n) is 9.11. The summed E-state index contributed by atoms with van der Waals surface area (Å²) >= 11 is 1.18. The molecule has 2 aliphatic rings. The van der Waals surface area contributed by atoms with Gasteiger partial charge in [-0.05, 0) is 35.3 Å². The number of morpholine rings is 1. The Labute approximate surface area is 224 Å². The van der Waals surface area contributed by atoms with E-state index in [0.717, 1.165) is 5.56 Å². The van der Waals surface area contributed by atoms with E-state index in [1.54, 1.807) is 17.1 Å². The van der Waals surface area contributed by atoms with Gasteiger partial charge < -0.3 is 4.74 Å². The molecule has 0 bridgehead atoms. The van der Waals surface area contributed by atoms with Crippen molar-refractivity contribution < 1.29 is 23.6 Å². The molecule has 11 heteroatoms. The van der Waals surface area contributed by atoms with Crippen molar-refractivity contribution in [1.29, 1.82) is 0 Å². The van der Waals surface area contributed by atoms with Gasteiger partial charge in [0.15, 0.2) is 5.17 Å². The molecule has 38 heavy (non-hydrogen) atoms. The van der Waals surface area contributed by atoms with Gasteiger partial charge in [0.2, 0.25) is 11.2 Å². The number of hydrogen-bond acceptors (Lipinski definition) is 8. The zero-order chi connectivity index (χ0) is 26.5. The van der Waals surface area contributed by atoms with Gasteiger partial charge in [-0.2, -0.15) is 0 Å². The third-order valence-electron chi connectivity index (χ3n) is 6.08. The predicted molar refractivity (Wildman–Crippen MR) is 146 cm³/mol. The van der Waals surface area contributed by atoms with E-state index in [2.05, 4.69) is 41.6 Å². The molecule has 5 rings (SSSR count). The van der Waals surface area contributed by atoms with Crippen molar-refractivity contribution in [1.82, 2.24) is 5.27 Å². The van der Waals surface area contributed by atoms with Gasteiger partial charge in [0.25, 0.3) is 12.1 Å². The number of benzene rings is 2. The molecule has 0 unspecified atom stereocenters. The second-order valence-corrected chi connectivity index (χ2v) is 10.1. The Hall–Kier alpha value is -3.96. The number of nitrogens with zero attached hydrogens (tertiary/aromatic N) is 5. The summed E-state index contributed by atoms with van der Waals surface area (Å²) in [4.78, 5) is 33.8. The van der Waals surface area contributed by atoms with Crippen molar-refractivity contribution in [3.05, 3.63) is 77.6 Å². The molecular formula is C27H29N6O4S+. The van der Waals surface area contributed by atoms with Crippen LogP contribution in [0.15, 0.2) is 76.0 Å². The summed E-state index contributed by atoms with van der Waals surface area (Å²) in [6, 6.07) is 17.4. The maximum absolute atomic E-state index is 13.4. The molecule has 0 atom stereocenters. The average Bonchev–Trinajstić information content (AvgIpc) is 3.53. The van der Waals surface area contributed by atoms with Gasteiger partial charge in [-0.15, -0.1) is 5.01 Å². The zero-order valence-electron chi connectivity index (χ0n) is 21.2. The van der Waals surface area contributed by atoms with E-state index >= 15 is 0 Å². The number of hydrogen-bond donors (Lipinski definition) is 1. The number of aliphatic imine (C=N–C) groups is 1. The molecule has 2 amide bonds. The van der Waals surface area contributed by atoms with E-state index in [9.17, 15) is 9.59 Å². The van der Waals surface area contributed by atoms with Gasteiger partial charge in [-0.25, -0.2) is 4.99 Å². The first-order chi connectivity index (χ1) is 18.5. The molecule has 2 aromatic carbocycles. The molecule has 3 aromatic rings. The van der Waals surface area contributed by atoms with Crippen molar-refractivity contribution in [2.24, 2.45) is 4.99 Å². The third kappa shape index (κ3) is 5.95. The minimum Gasteiger partial charge on any atom is -0.377 e. The van der Waals surface area contributed by atoms with E-state index < -0.39 is 0 Å². The smallest absolute Gasteiger partial charge is 0.305 e. The lowest BCUT2D eigenvalue weighted by Gasteiger charge is -2.18. The number of carbonyl (C=O) groups is 2. The van der Waals surface area contributed by atoms with Crippen molar-refractivity contribution in [3.63, 3.8) is 0 Å². The van der Waals surface area contributed by atoms with Crippen LogP contribution in [0.5, 0.6) is 0 Å². The van der Waals surface area contributed by atoms with Crippen molar-refractivity contribution in [3.8, 4) is 0 Å². The average molecular weight is 534 g/mol. The molecule has 1 saturated heterocycles. The van der Waals surface area contributed by atoms with Gasteiger partial charge in [-0.3, -0.25) is 24.3 Å². The highest BCUT2D eigenvalue weighted by Crippen LogP contribution is 2.29. The number of thioether (sulfide) groups is 1. The molecule has 0 aliphatic carbocycles. The molecule has 0 saturated carbocycles. The molecule has 0 radical (unpaired) electrons. The molecule has 196 valence electrons. The van der Waals surface area contributed by atoms with Gasteiger partial charge in [-0.1, -0.05) is 68.1 Å². The SMILES string of the molecule is CC(C)c1ccc(/C=C2/N=C(SCC(=O)Nc3c[n+](N4CCOCC4)no3)N(c3ccccc3)C2=O)cc1. The van der Waals surface area contributed by atoms with E-state index in [0.29, 0.717) is 48.8 Å². The maximum Gasteiger partial charge on any atom is 0.305 e. The zero-order valence-corrected chi connectivity index (χ0v) is 22.1. The van der Waals surface area contributed by atoms with Crippen LogP contribution in [0.4, 0.5) is 11.6 Å². The number of amides is 2. The number of nitrogens with one attached hydrogen (secondary N) is 1. The number of aromatic nitrogens is 2. The van der Waals surface area contributed by atoms with E-state index in [4.69, 9.17) is 9.26 Å². The fourth-order valence-corrected chi connectivity index (χ4v) is 4.83. The molecule has 10 nitrogen and oxygen atoms in total. The van der Waals surface area contributed by atoms with Crippen LogP contribution in [0.1, 0.15) is 30.9 Å². The first kappa shape index (κ1) is 25.7. The third-order valence-corrected chi connectivity index (χ3v) is 7.02. The van der Waals surface area contributed by atoms with Crippen molar-refractivity contribution >= 4 is 46.4 Å². The topological polar surface area (TPSA) is 104 Å². The van der Waals surface area contributed by atoms with Crippen molar-refractivity contribution in [2.45, 2.75) is 19.8 Å². The van der Waals surface area contributed by atoms with E-state index in [1.165, 1.54) is 22.2 Å². The van der Waals surface area contributed by atoms with Crippen LogP contribution in [0, 0.1) is 0 Å². The molecule has 1 N–H and O–H groups in total. The molecule has 1 aromatic heterocycles. The fourth-order valence-electron chi connectivity index (χ4n) is 4.02. The van der Waals surface area contributed by atoms with Crippen LogP contribution >= 0.6 is 11.8 Å². The highest BCUT2D eigenvalue weighted by atomic mass is 32.2. The lowest BCUT2D eigenvalue weighted by Crippen LogP contribution is -2.62. The number of ether oxygens (including phenoxy) is 1. The largest absolute Gasteiger partial charge is 0.377 e. The molecule has 2 aliphatic heterocycles. The summed E-state index contributed by atoms with van der Waals surface area (Å²) in [5.41, 5.74) is 3.11. The molecule has 1 fully saturated rings. The highest BCUT2D eigenvalue weighted by Gasteiger charge is 2.32. The first-order valence-electron chi connectivity index (χ1n) is 12.4. The molecule has 0 spiro atoms. The highest BCUT2D eigenvalue weighted by molar-refractivity contribution is 8.14. The minimum absolute atomic E-state index is 0.0318. The van der Waals surface area contributed by atoms with Gasteiger partial charge in [0.05, 0.1) is 42.5 Å². The Balaban J connectivity index is 1.29. The summed E-state index contributed by atoms with van der Waals surface area (Å²) in [6.07, 6.45) is 3.39. The predicted octanol–water partition coefficient (Wildman–Crippen LogP) is 3.17. The summed E-state index contributed by atoms with van der Waals surface area (Å²) < 4.78 is 10.6. The summed E-state index contributed by atoms with van der Waals surface area (Å²) in [5, 5.41) is 9.07. The number of carbonyl (C=O) groups excluding carboxylic acids is 2. The van der Waals surface area contributed by atoms with Crippen LogP contribution in [-0.4, -0.2) is 54.3 Å². The summed E-state index contributed by atoms with van der Waals surface area (Å²) in [7, 11) is 0. The lowest BCUT2D eigenvalue weighted by atomic mass is 10.0. The number of para-hydroxylation sites is 1. The number of amidine groups is 1. The quantitative estimate of drug-likeness (QED) is 0.368. The summed E-state index contributed by atoms with van der Waals surface area (Å²) in [6.45, 7) is 6.86. The Morgan fingerprint density at radius 2 is 1.87 bits per heavy atom. The van der Waals surface area contributed by atoms with Crippen LogP contribution in [0.2, 0.25) is 0 Å². The fraction of sp³-hybridized carbons (Fsp3) is 0.296. The van der Waals surface area contributed by atoms with Gasteiger partial charge in [0, 0.05) is 0 Å². The van der Waals surface area contributed by atoms with E-state index in [1.807, 2.05) is 47.5 Å². The number of anilines is 2. The van der Waals surface area contributed by atoms with Gasteiger partial charge in [0.1, 0.15) is 5.70 Å². The lowest BCUT2D eigenvalue weighted by molar-refractivity contribution is -0.759. The molecule has 3 heterocycles. The van der Waals surface area contributed by atoms with Crippen LogP contribution in [-0.2, 0) is 14.3 Å². The molecular weight excluding hydrogens is 504 g/mol. The Kier molecular flexibility index (Phi) is 7.85. The normalized spacial score (nSPS) is 16.9. The monoisotopic (exact) mass is 533 g/mol. The Bertz CT molecular complexity index is 1350. The maximum atomic E-state index is 13.4. The second kappa shape index (κ2) is 11.6. The minimum atomic E-state index is -0.301. The van der Waals surface area contributed by atoms with Crippen LogP contribution in [0.25, 0.3) is 6.08 Å². The van der Waals surface area contributed by atoms with Crippen LogP contribution in [0.3, 0.4) is 0 Å². The standard InChI is InChI=1S/C27H28N6O4S/c1-19(2)21-10-8-20(9-11-21)16-23-26(35)33(22-6-4-3-5-7-22)27(28-23)38-18-24(34)29-25-17-32(30-37-25)31-12-14-36-15-13-31/h3-11,16-17,19H,12-15,18H2,1-2H3/p+1/b23-16+. The summed E-state index contributed by atoms with van der Waals surface area (Å²) in [5.74, 6) is 0.146. The number of rotatable bonds is 7. The van der Waals surface area contributed by atoms with Gasteiger partial charge >= 0.3 is 5.88 Å². The first-order valence-corrected chi connectivity index (χ1v) is 13.4. The Morgan fingerprint density at radius 3 is 2.58 bits per heavy atom. The van der Waals surface area contributed by atoms with E-state index in [-0.39, 0.29) is 23.5 Å². The van der Waals surface area contributed by atoms with Crippen LogP contribution < -0.4 is 20.0 Å².